The average molecular weight is 291 g/mol. The molecule has 112 valence electrons. The molecule has 1 aromatic heterocycles. The summed E-state index contributed by atoms with van der Waals surface area (Å²) >= 11 is 0. The largest absolute Gasteiger partial charge is 0.433 e. The van der Waals surface area contributed by atoms with Crippen LogP contribution in [0.25, 0.3) is 0 Å². The Morgan fingerprint density at radius 1 is 1.50 bits per heavy atom. The monoisotopic (exact) mass is 291 g/mol. The van der Waals surface area contributed by atoms with Crippen molar-refractivity contribution in [3.63, 3.8) is 0 Å². The molecule has 1 heterocycles. The number of hydrogen-bond acceptors (Lipinski definition) is 4. The number of pyridine rings is 1. The van der Waals surface area contributed by atoms with E-state index >= 15 is 0 Å². The van der Waals surface area contributed by atoms with Gasteiger partial charge in [0.1, 0.15) is 5.69 Å². The van der Waals surface area contributed by atoms with E-state index in [4.69, 9.17) is 10.5 Å². The van der Waals surface area contributed by atoms with Gasteiger partial charge in [0.25, 0.3) is 0 Å². The molecule has 3 N–H and O–H groups in total. The average Bonchev–Trinajstić information content (AvgIpc) is 2.38. The Bertz CT molecular complexity index is 435. The molecule has 0 saturated carbocycles. The molecular weight excluding hydrogens is 275 g/mol. The summed E-state index contributed by atoms with van der Waals surface area (Å²) in [7, 11) is 1.54. The second kappa shape index (κ2) is 7.20. The van der Waals surface area contributed by atoms with E-state index < -0.39 is 23.8 Å². The number of methoxy groups -OCH3 is 1. The summed E-state index contributed by atoms with van der Waals surface area (Å²) in [4.78, 5) is 14.9. The van der Waals surface area contributed by atoms with Crippen molar-refractivity contribution < 1.29 is 22.7 Å². The lowest BCUT2D eigenvalue weighted by Gasteiger charge is -2.12. The van der Waals surface area contributed by atoms with E-state index in [9.17, 15) is 18.0 Å². The first-order chi connectivity index (χ1) is 9.34. The van der Waals surface area contributed by atoms with Crippen LogP contribution in [0.3, 0.4) is 0 Å². The molecule has 0 fully saturated rings. The van der Waals surface area contributed by atoms with Crippen molar-refractivity contribution in [2.45, 2.75) is 25.1 Å². The van der Waals surface area contributed by atoms with E-state index in [1.165, 1.54) is 0 Å². The van der Waals surface area contributed by atoms with Crippen molar-refractivity contribution in [2.24, 2.45) is 5.73 Å². The van der Waals surface area contributed by atoms with Gasteiger partial charge < -0.3 is 15.8 Å². The normalized spacial score (nSPS) is 13.1. The predicted molar refractivity (Wildman–Crippen MR) is 67.0 cm³/mol. The molecule has 5 nitrogen and oxygen atoms in total. The van der Waals surface area contributed by atoms with Gasteiger partial charge in [-0.05, 0) is 25.0 Å². The van der Waals surface area contributed by atoms with E-state index in [1.54, 1.807) is 7.11 Å². The molecule has 0 radical (unpaired) electrons. The van der Waals surface area contributed by atoms with E-state index in [0.717, 1.165) is 18.3 Å². The molecule has 0 aliphatic rings. The molecule has 0 aliphatic heterocycles. The maximum absolute atomic E-state index is 12.3. The number of hydrogen-bond donors (Lipinski definition) is 2. The minimum absolute atomic E-state index is 0.171. The van der Waals surface area contributed by atoms with Crippen LogP contribution < -0.4 is 11.1 Å². The van der Waals surface area contributed by atoms with Crippen molar-refractivity contribution in [3.05, 3.63) is 24.0 Å². The molecule has 1 atom stereocenters. The fourth-order valence-corrected chi connectivity index (χ4v) is 1.45. The number of nitrogens with zero attached hydrogens (tertiary/aromatic N) is 1. The second-order valence-electron chi connectivity index (χ2n) is 4.16. The Balaban J connectivity index is 2.54. The van der Waals surface area contributed by atoms with Crippen LogP contribution >= 0.6 is 0 Å². The molecular formula is C12H16F3N3O2. The molecule has 20 heavy (non-hydrogen) atoms. The Morgan fingerprint density at radius 3 is 2.70 bits per heavy atom. The van der Waals surface area contributed by atoms with Crippen LogP contribution in [0, 0.1) is 0 Å². The van der Waals surface area contributed by atoms with Crippen LogP contribution in [0.1, 0.15) is 18.5 Å². The number of aromatic nitrogens is 1. The number of anilines is 1. The third kappa shape index (κ3) is 5.14. The number of alkyl halides is 3. The number of ether oxygens (including phenoxy) is 1. The van der Waals surface area contributed by atoms with Crippen molar-refractivity contribution in [2.75, 3.05) is 19.0 Å². The molecule has 0 aromatic carbocycles. The summed E-state index contributed by atoms with van der Waals surface area (Å²) < 4.78 is 41.7. The minimum atomic E-state index is -4.50. The fourth-order valence-electron chi connectivity index (χ4n) is 1.45. The summed E-state index contributed by atoms with van der Waals surface area (Å²) in [5, 5.41) is 2.41. The number of nitrogens with one attached hydrogen (secondary N) is 1. The Kier molecular flexibility index (Phi) is 5.90. The molecule has 1 rings (SSSR count). The first-order valence-corrected chi connectivity index (χ1v) is 5.93. The number of carbonyl (C=O) groups excluding carboxylic acids is 1. The molecule has 8 heteroatoms. The van der Waals surface area contributed by atoms with E-state index in [-0.39, 0.29) is 5.69 Å². The Morgan fingerprint density at radius 2 is 2.20 bits per heavy atom. The van der Waals surface area contributed by atoms with Gasteiger partial charge in [0.15, 0.2) is 0 Å². The van der Waals surface area contributed by atoms with Gasteiger partial charge in [-0.1, -0.05) is 0 Å². The maximum Gasteiger partial charge on any atom is 0.433 e. The summed E-state index contributed by atoms with van der Waals surface area (Å²) in [6.07, 6.45) is -2.51. The smallest absolute Gasteiger partial charge is 0.385 e. The SMILES string of the molecule is COCCCC(N)C(=O)Nc1ccc(C(F)(F)F)nc1. The molecule has 0 aliphatic carbocycles. The van der Waals surface area contributed by atoms with Crippen LogP contribution in [0.5, 0.6) is 0 Å². The number of rotatable bonds is 6. The van der Waals surface area contributed by atoms with E-state index in [1.807, 2.05) is 0 Å². The summed E-state index contributed by atoms with van der Waals surface area (Å²) in [5.74, 6) is -0.470. The number of halogens is 3. The van der Waals surface area contributed by atoms with E-state index in [0.29, 0.717) is 19.4 Å². The molecule has 1 aromatic rings. The van der Waals surface area contributed by atoms with Crippen LogP contribution in [0.2, 0.25) is 0 Å². The topological polar surface area (TPSA) is 77.2 Å². The van der Waals surface area contributed by atoms with Crippen LogP contribution in [0.4, 0.5) is 18.9 Å². The minimum Gasteiger partial charge on any atom is -0.385 e. The lowest BCUT2D eigenvalue weighted by atomic mass is 10.1. The standard InChI is InChI=1S/C12H16F3N3O2/c1-20-6-2-3-9(16)11(19)18-8-4-5-10(17-7-8)12(13,14)15/h4-5,7,9H,2-3,6,16H2,1H3,(H,18,19). The van der Waals surface area contributed by atoms with Gasteiger partial charge in [0.2, 0.25) is 5.91 Å². The van der Waals surface area contributed by atoms with Gasteiger partial charge in [0, 0.05) is 13.7 Å². The van der Waals surface area contributed by atoms with Gasteiger partial charge in [0.05, 0.1) is 17.9 Å². The molecule has 0 bridgehead atoms. The van der Waals surface area contributed by atoms with Crippen molar-refractivity contribution >= 4 is 11.6 Å². The zero-order chi connectivity index (χ0) is 15.2. The first kappa shape index (κ1) is 16.4. The third-order valence-corrected chi connectivity index (χ3v) is 2.52. The Hall–Kier alpha value is -1.67. The second-order valence-corrected chi connectivity index (χ2v) is 4.16. The van der Waals surface area contributed by atoms with Gasteiger partial charge in [-0.2, -0.15) is 13.2 Å². The quantitative estimate of drug-likeness (QED) is 0.783. The summed E-state index contributed by atoms with van der Waals surface area (Å²) in [5.41, 5.74) is 4.79. The zero-order valence-electron chi connectivity index (χ0n) is 10.9. The van der Waals surface area contributed by atoms with E-state index in [2.05, 4.69) is 10.3 Å². The van der Waals surface area contributed by atoms with Gasteiger partial charge >= 0.3 is 6.18 Å². The molecule has 1 amide bonds. The first-order valence-electron chi connectivity index (χ1n) is 5.93. The van der Waals surface area contributed by atoms with Crippen LogP contribution in [0.15, 0.2) is 18.3 Å². The highest BCUT2D eigenvalue weighted by atomic mass is 19.4. The Labute approximate surface area is 114 Å². The maximum atomic E-state index is 12.3. The third-order valence-electron chi connectivity index (χ3n) is 2.52. The van der Waals surface area contributed by atoms with Crippen molar-refractivity contribution in [1.82, 2.24) is 4.98 Å². The van der Waals surface area contributed by atoms with Gasteiger partial charge in [-0.25, -0.2) is 4.98 Å². The zero-order valence-corrected chi connectivity index (χ0v) is 10.9. The summed E-state index contributed by atoms with van der Waals surface area (Å²) in [6.45, 7) is 0.489. The highest BCUT2D eigenvalue weighted by molar-refractivity contribution is 5.94. The number of nitrogens with two attached hydrogens (primary N) is 1. The molecule has 0 spiro atoms. The highest BCUT2D eigenvalue weighted by Crippen LogP contribution is 2.27. The van der Waals surface area contributed by atoms with Crippen molar-refractivity contribution in [1.29, 1.82) is 0 Å². The number of carbonyl (C=O) groups is 1. The highest BCUT2D eigenvalue weighted by Gasteiger charge is 2.32. The lowest BCUT2D eigenvalue weighted by Crippen LogP contribution is -2.35. The van der Waals surface area contributed by atoms with Crippen LogP contribution in [-0.2, 0) is 15.7 Å². The van der Waals surface area contributed by atoms with Gasteiger partial charge in [-0.15, -0.1) is 0 Å². The lowest BCUT2D eigenvalue weighted by molar-refractivity contribution is -0.141. The number of amides is 1. The molecule has 0 saturated heterocycles. The summed E-state index contributed by atoms with van der Waals surface area (Å²) in [6, 6.07) is 1.19. The molecule has 1 unspecified atom stereocenters. The van der Waals surface area contributed by atoms with Crippen LogP contribution in [-0.4, -0.2) is 30.6 Å². The van der Waals surface area contributed by atoms with Crippen molar-refractivity contribution in [3.8, 4) is 0 Å². The van der Waals surface area contributed by atoms with Gasteiger partial charge in [-0.3, -0.25) is 4.79 Å². The fraction of sp³-hybridized carbons (Fsp3) is 0.500. The predicted octanol–water partition coefficient (Wildman–Crippen LogP) is 1.79.